The summed E-state index contributed by atoms with van der Waals surface area (Å²) in [6.45, 7) is 6.76. The van der Waals surface area contributed by atoms with E-state index in [1.165, 1.54) is 11.3 Å². The van der Waals surface area contributed by atoms with Gasteiger partial charge in [0.1, 0.15) is 0 Å². The standard InChI is InChI=1S/C14H22ClNS/c1-14(2,3)8-7-12(16)10-17-13-6-4-5-11(15)9-13/h4-6,9,12H,7-8,10,16H2,1-3H3. The highest BCUT2D eigenvalue weighted by atomic mass is 35.5. The maximum atomic E-state index is 6.11. The first-order valence-electron chi connectivity index (χ1n) is 6.01. The van der Waals surface area contributed by atoms with Crippen LogP contribution in [0, 0.1) is 5.41 Å². The van der Waals surface area contributed by atoms with Gasteiger partial charge in [-0.15, -0.1) is 11.8 Å². The summed E-state index contributed by atoms with van der Waals surface area (Å²) in [6.07, 6.45) is 2.25. The smallest absolute Gasteiger partial charge is 0.0417 e. The normalized spacial score (nSPS) is 13.7. The number of halogens is 1. The summed E-state index contributed by atoms with van der Waals surface area (Å²) in [7, 11) is 0. The molecule has 0 heterocycles. The molecule has 0 aromatic heterocycles. The van der Waals surface area contributed by atoms with E-state index in [1.54, 1.807) is 11.8 Å². The van der Waals surface area contributed by atoms with Gasteiger partial charge in [0.15, 0.2) is 0 Å². The summed E-state index contributed by atoms with van der Waals surface area (Å²) < 4.78 is 0. The maximum Gasteiger partial charge on any atom is 0.0417 e. The average molecular weight is 272 g/mol. The Morgan fingerprint density at radius 2 is 2.06 bits per heavy atom. The van der Waals surface area contributed by atoms with E-state index in [1.807, 2.05) is 18.2 Å². The third-order valence-corrected chi connectivity index (χ3v) is 3.94. The fourth-order valence-corrected chi connectivity index (χ4v) is 2.68. The number of hydrogen-bond donors (Lipinski definition) is 1. The van der Waals surface area contributed by atoms with Crippen LogP contribution >= 0.6 is 23.4 Å². The highest BCUT2D eigenvalue weighted by Gasteiger charge is 2.12. The zero-order valence-electron chi connectivity index (χ0n) is 10.9. The molecule has 1 nitrogen and oxygen atoms in total. The molecule has 0 bridgehead atoms. The summed E-state index contributed by atoms with van der Waals surface area (Å²) in [5, 5.41) is 0.790. The molecule has 2 N–H and O–H groups in total. The molecule has 1 unspecified atom stereocenters. The lowest BCUT2D eigenvalue weighted by atomic mass is 9.89. The van der Waals surface area contributed by atoms with Gasteiger partial charge >= 0.3 is 0 Å². The minimum atomic E-state index is 0.262. The van der Waals surface area contributed by atoms with Gasteiger partial charge in [0.25, 0.3) is 0 Å². The lowest BCUT2D eigenvalue weighted by molar-refractivity contribution is 0.353. The zero-order chi connectivity index (χ0) is 12.9. The minimum absolute atomic E-state index is 0.262. The van der Waals surface area contributed by atoms with E-state index in [-0.39, 0.29) is 6.04 Å². The molecule has 0 saturated carbocycles. The van der Waals surface area contributed by atoms with Crippen LogP contribution in [-0.2, 0) is 0 Å². The average Bonchev–Trinajstić information content (AvgIpc) is 2.23. The SMILES string of the molecule is CC(C)(C)CCC(N)CSc1cccc(Cl)c1. The van der Waals surface area contributed by atoms with Crippen LogP contribution < -0.4 is 5.73 Å². The number of rotatable bonds is 5. The quantitative estimate of drug-likeness (QED) is 0.793. The molecule has 0 aliphatic heterocycles. The molecule has 17 heavy (non-hydrogen) atoms. The van der Waals surface area contributed by atoms with Crippen LogP contribution in [0.25, 0.3) is 0 Å². The first-order chi connectivity index (χ1) is 7.87. The number of thioether (sulfide) groups is 1. The predicted octanol–water partition coefficient (Wildman–Crippen LogP) is 4.59. The fourth-order valence-electron chi connectivity index (χ4n) is 1.46. The van der Waals surface area contributed by atoms with Gasteiger partial charge in [-0.3, -0.25) is 0 Å². The molecule has 0 aliphatic rings. The lowest BCUT2D eigenvalue weighted by Crippen LogP contribution is -2.24. The van der Waals surface area contributed by atoms with Gasteiger partial charge in [-0.2, -0.15) is 0 Å². The van der Waals surface area contributed by atoms with E-state index in [0.717, 1.165) is 17.2 Å². The Morgan fingerprint density at radius 1 is 1.35 bits per heavy atom. The summed E-state index contributed by atoms with van der Waals surface area (Å²) in [4.78, 5) is 1.20. The molecular weight excluding hydrogens is 250 g/mol. The van der Waals surface area contributed by atoms with E-state index >= 15 is 0 Å². The molecule has 0 spiro atoms. The van der Waals surface area contributed by atoms with Gasteiger partial charge < -0.3 is 5.73 Å². The monoisotopic (exact) mass is 271 g/mol. The number of nitrogens with two attached hydrogens (primary N) is 1. The zero-order valence-corrected chi connectivity index (χ0v) is 12.4. The Bertz CT molecular complexity index is 346. The van der Waals surface area contributed by atoms with Crippen molar-refractivity contribution in [2.75, 3.05) is 5.75 Å². The van der Waals surface area contributed by atoms with E-state index < -0.39 is 0 Å². The third-order valence-electron chi connectivity index (χ3n) is 2.53. The van der Waals surface area contributed by atoms with E-state index in [4.69, 9.17) is 17.3 Å². The fraction of sp³-hybridized carbons (Fsp3) is 0.571. The summed E-state index contributed by atoms with van der Waals surface area (Å²) >= 11 is 7.72. The van der Waals surface area contributed by atoms with Crippen LogP contribution in [0.1, 0.15) is 33.6 Å². The van der Waals surface area contributed by atoms with Crippen LogP contribution in [0.5, 0.6) is 0 Å². The van der Waals surface area contributed by atoms with Crippen molar-refractivity contribution in [2.24, 2.45) is 11.1 Å². The molecule has 96 valence electrons. The third kappa shape index (κ3) is 6.97. The topological polar surface area (TPSA) is 26.0 Å². The van der Waals surface area contributed by atoms with Crippen molar-refractivity contribution < 1.29 is 0 Å². The molecule has 0 amide bonds. The molecule has 3 heteroatoms. The van der Waals surface area contributed by atoms with Gasteiger partial charge in [-0.1, -0.05) is 38.4 Å². The molecule has 0 saturated heterocycles. The summed E-state index contributed by atoms with van der Waals surface area (Å²) in [5.74, 6) is 0.955. The Labute approximate surface area is 114 Å². The van der Waals surface area contributed by atoms with Crippen LogP contribution in [0.2, 0.25) is 5.02 Å². The summed E-state index contributed by atoms with van der Waals surface area (Å²) in [5.41, 5.74) is 6.49. The van der Waals surface area contributed by atoms with Crippen LogP contribution in [0.3, 0.4) is 0 Å². The molecule has 0 aliphatic carbocycles. The first-order valence-corrected chi connectivity index (χ1v) is 7.37. The van der Waals surface area contributed by atoms with Crippen molar-refractivity contribution >= 4 is 23.4 Å². The van der Waals surface area contributed by atoms with Crippen molar-refractivity contribution in [1.82, 2.24) is 0 Å². The molecule has 1 aromatic carbocycles. The van der Waals surface area contributed by atoms with Gasteiger partial charge in [0.05, 0.1) is 0 Å². The molecule has 1 aromatic rings. The maximum absolute atomic E-state index is 6.11. The van der Waals surface area contributed by atoms with Crippen molar-refractivity contribution in [2.45, 2.75) is 44.6 Å². The molecular formula is C14H22ClNS. The lowest BCUT2D eigenvalue weighted by Gasteiger charge is -2.20. The predicted molar refractivity (Wildman–Crippen MR) is 78.8 cm³/mol. The Hall–Kier alpha value is -0.180. The molecule has 0 fully saturated rings. The molecule has 1 atom stereocenters. The Morgan fingerprint density at radius 3 is 2.65 bits per heavy atom. The van der Waals surface area contributed by atoms with E-state index in [2.05, 4.69) is 26.8 Å². The number of hydrogen-bond acceptors (Lipinski definition) is 2. The van der Waals surface area contributed by atoms with Gasteiger partial charge in [-0.25, -0.2) is 0 Å². The first kappa shape index (κ1) is 14.9. The van der Waals surface area contributed by atoms with Crippen LogP contribution in [0.4, 0.5) is 0 Å². The highest BCUT2D eigenvalue weighted by molar-refractivity contribution is 7.99. The van der Waals surface area contributed by atoms with Crippen molar-refractivity contribution in [3.63, 3.8) is 0 Å². The Balaban J connectivity index is 2.31. The highest BCUT2D eigenvalue weighted by Crippen LogP contribution is 2.25. The second kappa shape index (κ2) is 6.67. The Kier molecular flexibility index (Phi) is 5.84. The van der Waals surface area contributed by atoms with Gasteiger partial charge in [0, 0.05) is 21.7 Å². The van der Waals surface area contributed by atoms with Crippen LogP contribution in [0.15, 0.2) is 29.2 Å². The second-order valence-electron chi connectivity index (χ2n) is 5.63. The molecule has 1 rings (SSSR count). The molecule has 0 radical (unpaired) electrons. The second-order valence-corrected chi connectivity index (χ2v) is 7.16. The van der Waals surface area contributed by atoms with Crippen molar-refractivity contribution in [3.05, 3.63) is 29.3 Å². The van der Waals surface area contributed by atoms with E-state index in [9.17, 15) is 0 Å². The van der Waals surface area contributed by atoms with Gasteiger partial charge in [0.2, 0.25) is 0 Å². The summed E-state index contributed by atoms with van der Waals surface area (Å²) in [6, 6.07) is 8.20. The van der Waals surface area contributed by atoms with Gasteiger partial charge in [-0.05, 0) is 36.5 Å². The van der Waals surface area contributed by atoms with Crippen LogP contribution in [-0.4, -0.2) is 11.8 Å². The van der Waals surface area contributed by atoms with Crippen molar-refractivity contribution in [1.29, 1.82) is 0 Å². The number of benzene rings is 1. The van der Waals surface area contributed by atoms with E-state index in [0.29, 0.717) is 5.41 Å². The largest absolute Gasteiger partial charge is 0.327 e. The minimum Gasteiger partial charge on any atom is -0.327 e. The van der Waals surface area contributed by atoms with Crippen molar-refractivity contribution in [3.8, 4) is 0 Å².